The number of benzene rings is 10. The van der Waals surface area contributed by atoms with Crippen LogP contribution in [0.4, 0.5) is 0 Å². The van der Waals surface area contributed by atoms with E-state index in [1.54, 1.807) is 0 Å². The molecule has 5 heterocycles. The Labute approximate surface area is 404 Å². The fourth-order valence-electron chi connectivity index (χ4n) is 10.6. The van der Waals surface area contributed by atoms with Gasteiger partial charge >= 0.3 is 0 Å². The van der Waals surface area contributed by atoms with Crippen molar-refractivity contribution in [2.45, 2.75) is 0 Å². The average Bonchev–Trinajstić information content (AvgIpc) is 4.19. The molecule has 15 aromatic rings. The Bertz CT molecular complexity index is 4600. The molecule has 0 unspecified atom stereocenters. The Morgan fingerprint density at radius 3 is 1.81 bits per heavy atom. The van der Waals surface area contributed by atoms with Crippen LogP contribution in [0.1, 0.15) is 0 Å². The number of aromatic nitrogens is 4. The van der Waals surface area contributed by atoms with Crippen molar-refractivity contribution in [1.29, 1.82) is 0 Å². The first kappa shape index (κ1) is 38.9. The number of thiophene rings is 1. The summed E-state index contributed by atoms with van der Waals surface area (Å²) in [6.45, 7) is 0. The lowest BCUT2D eigenvalue weighted by molar-refractivity contribution is 0.668. The summed E-state index contributed by atoms with van der Waals surface area (Å²) in [5, 5.41) is 9.07. The fraction of sp³-hybridized carbons (Fsp3) is 0. The number of rotatable bonds is 6. The molecule has 15 rings (SSSR count). The zero-order valence-corrected chi connectivity index (χ0v) is 38.1. The van der Waals surface area contributed by atoms with E-state index in [2.05, 4.69) is 156 Å². The van der Waals surface area contributed by atoms with Crippen LogP contribution in [0.3, 0.4) is 0 Å². The van der Waals surface area contributed by atoms with E-state index in [0.717, 1.165) is 77.4 Å². The van der Waals surface area contributed by atoms with Gasteiger partial charge in [-0.2, -0.15) is 0 Å². The van der Waals surface area contributed by atoms with Crippen molar-refractivity contribution >= 4 is 97.2 Å². The predicted molar refractivity (Wildman–Crippen MR) is 289 cm³/mol. The molecule has 0 aliphatic rings. The van der Waals surface area contributed by atoms with Crippen molar-refractivity contribution in [3.8, 4) is 62.1 Å². The maximum atomic E-state index is 6.59. The second-order valence-electron chi connectivity index (χ2n) is 17.9. The summed E-state index contributed by atoms with van der Waals surface area (Å²) in [5.74, 6) is 1.71. The van der Waals surface area contributed by atoms with Crippen LogP contribution in [0.2, 0.25) is 0 Å². The number of hydrogen-bond acceptors (Lipinski definition) is 6. The monoisotopic (exact) mass is 912 g/mol. The van der Waals surface area contributed by atoms with E-state index in [-0.39, 0.29) is 0 Å². The zero-order chi connectivity index (χ0) is 45.9. The number of hydrogen-bond donors (Lipinski definition) is 0. The van der Waals surface area contributed by atoms with E-state index >= 15 is 0 Å². The van der Waals surface area contributed by atoms with Gasteiger partial charge in [-0.25, -0.2) is 15.0 Å². The minimum absolute atomic E-state index is 0.561. The van der Waals surface area contributed by atoms with Crippen molar-refractivity contribution < 1.29 is 8.83 Å². The lowest BCUT2D eigenvalue weighted by Gasteiger charge is -2.10. The molecule has 6 nitrogen and oxygen atoms in total. The third kappa shape index (κ3) is 6.02. The molecule has 0 aliphatic carbocycles. The molecule has 0 N–H and O–H groups in total. The van der Waals surface area contributed by atoms with Crippen LogP contribution < -0.4 is 0 Å². The Morgan fingerprint density at radius 2 is 0.929 bits per heavy atom. The minimum Gasteiger partial charge on any atom is -0.456 e. The highest BCUT2D eigenvalue weighted by atomic mass is 32.1. The maximum absolute atomic E-state index is 6.59. The summed E-state index contributed by atoms with van der Waals surface area (Å²) in [5.41, 5.74) is 14.0. The van der Waals surface area contributed by atoms with Gasteiger partial charge in [-0.15, -0.1) is 11.3 Å². The molecule has 0 bridgehead atoms. The summed E-state index contributed by atoms with van der Waals surface area (Å²) >= 11 is 1.84. The Hall–Kier alpha value is -9.17. The average molecular weight is 913 g/mol. The number of nitrogens with zero attached hydrogens (tertiary/aromatic N) is 4. The first-order chi connectivity index (χ1) is 34.7. The standard InChI is InChI=1S/C63H36N4O2S/c1-3-13-37(14-4-1)61-64-62(41-25-29-46-45-18-8-10-22-53(45)69-56(46)36-41)66-63(65-61)47-20-11-23-55-59(47)49-33-38(27-31-54(49)68-55)39-28-32-57-50(34-39)60-43(19-12-24-58(60)70-57)40-26-30-52-48(35-40)44-17-7-9-21-51(44)67(52)42-15-5-2-6-16-42/h1-36H. The SMILES string of the molecule is c1ccc(-c2nc(-c3ccc4c(c3)oc3ccccc34)nc(-c3cccc4oc5ccc(-c6ccc7sc8cccc(-c9ccc%10c(c9)c9ccccc9n%10-c9ccccc9)c8c7c6)cc5c34)n2)cc1. The molecule has 326 valence electrons. The van der Waals surface area contributed by atoms with Gasteiger partial charge in [0.2, 0.25) is 0 Å². The molecule has 5 aromatic heterocycles. The van der Waals surface area contributed by atoms with Gasteiger partial charge in [-0.05, 0) is 107 Å². The van der Waals surface area contributed by atoms with E-state index < -0.39 is 0 Å². The van der Waals surface area contributed by atoms with Gasteiger partial charge < -0.3 is 13.4 Å². The van der Waals surface area contributed by atoms with E-state index in [0.29, 0.717) is 17.5 Å². The molecule has 0 saturated heterocycles. The molecule has 0 aliphatic heterocycles. The van der Waals surface area contributed by atoms with Crippen molar-refractivity contribution in [1.82, 2.24) is 19.5 Å². The van der Waals surface area contributed by atoms with Crippen LogP contribution in [0.5, 0.6) is 0 Å². The number of para-hydroxylation sites is 3. The van der Waals surface area contributed by atoms with Crippen molar-refractivity contribution in [3.05, 3.63) is 218 Å². The van der Waals surface area contributed by atoms with Crippen molar-refractivity contribution in [2.24, 2.45) is 0 Å². The van der Waals surface area contributed by atoms with Crippen LogP contribution in [0.25, 0.3) is 148 Å². The van der Waals surface area contributed by atoms with Gasteiger partial charge in [-0.1, -0.05) is 133 Å². The quantitative estimate of drug-likeness (QED) is 0.166. The summed E-state index contributed by atoms with van der Waals surface area (Å²) in [6, 6.07) is 77.0. The summed E-state index contributed by atoms with van der Waals surface area (Å²) in [6.07, 6.45) is 0. The second-order valence-corrected chi connectivity index (χ2v) is 19.0. The first-order valence-electron chi connectivity index (χ1n) is 23.4. The third-order valence-electron chi connectivity index (χ3n) is 13.9. The van der Waals surface area contributed by atoms with Crippen LogP contribution in [0.15, 0.2) is 227 Å². The molecule has 0 fully saturated rings. The molecule has 0 spiro atoms. The van der Waals surface area contributed by atoms with Crippen molar-refractivity contribution in [3.63, 3.8) is 0 Å². The molecule has 0 amide bonds. The van der Waals surface area contributed by atoms with E-state index in [1.807, 2.05) is 78.1 Å². The lowest BCUT2D eigenvalue weighted by Crippen LogP contribution is -2.00. The van der Waals surface area contributed by atoms with Crippen LogP contribution in [-0.4, -0.2) is 19.5 Å². The highest BCUT2D eigenvalue weighted by Gasteiger charge is 2.21. The van der Waals surface area contributed by atoms with Gasteiger partial charge in [-0.3, -0.25) is 0 Å². The minimum atomic E-state index is 0.561. The highest BCUT2D eigenvalue weighted by molar-refractivity contribution is 7.26. The van der Waals surface area contributed by atoms with Gasteiger partial charge in [0, 0.05) is 74.9 Å². The first-order valence-corrected chi connectivity index (χ1v) is 24.2. The smallest absolute Gasteiger partial charge is 0.164 e. The Balaban J connectivity index is 0.870. The molecule has 70 heavy (non-hydrogen) atoms. The van der Waals surface area contributed by atoms with Gasteiger partial charge in [0.1, 0.15) is 22.3 Å². The fourth-order valence-corrected chi connectivity index (χ4v) is 11.8. The number of furan rings is 2. The molecule has 0 atom stereocenters. The molecular formula is C63H36N4O2S. The van der Waals surface area contributed by atoms with Crippen molar-refractivity contribution in [2.75, 3.05) is 0 Å². The topological polar surface area (TPSA) is 69.9 Å². The molecule has 0 radical (unpaired) electrons. The zero-order valence-electron chi connectivity index (χ0n) is 37.3. The van der Waals surface area contributed by atoms with Crippen LogP contribution in [0, 0.1) is 0 Å². The van der Waals surface area contributed by atoms with Crippen LogP contribution >= 0.6 is 11.3 Å². The molecule has 10 aromatic carbocycles. The summed E-state index contributed by atoms with van der Waals surface area (Å²) < 4.78 is 17.8. The Kier molecular flexibility index (Phi) is 8.43. The summed E-state index contributed by atoms with van der Waals surface area (Å²) in [7, 11) is 0. The van der Waals surface area contributed by atoms with E-state index in [9.17, 15) is 0 Å². The van der Waals surface area contributed by atoms with E-state index in [1.165, 1.54) is 53.1 Å². The van der Waals surface area contributed by atoms with Gasteiger partial charge in [0.25, 0.3) is 0 Å². The van der Waals surface area contributed by atoms with E-state index in [4.69, 9.17) is 23.8 Å². The second kappa shape index (κ2) is 15.2. The lowest BCUT2D eigenvalue weighted by atomic mass is 9.96. The maximum Gasteiger partial charge on any atom is 0.164 e. The molecule has 0 saturated carbocycles. The van der Waals surface area contributed by atoms with Gasteiger partial charge in [0.15, 0.2) is 17.5 Å². The van der Waals surface area contributed by atoms with Gasteiger partial charge in [0.05, 0.1) is 11.0 Å². The molecular weight excluding hydrogens is 877 g/mol. The largest absolute Gasteiger partial charge is 0.456 e. The predicted octanol–water partition coefficient (Wildman–Crippen LogP) is 17.5. The Morgan fingerprint density at radius 1 is 0.314 bits per heavy atom. The normalized spacial score (nSPS) is 12.0. The van der Waals surface area contributed by atoms with Crippen LogP contribution in [-0.2, 0) is 0 Å². The highest BCUT2D eigenvalue weighted by Crippen LogP contribution is 2.45. The number of fused-ring (bicyclic) bond motifs is 12. The summed E-state index contributed by atoms with van der Waals surface area (Å²) in [4.78, 5) is 15.4. The molecule has 7 heteroatoms. The third-order valence-corrected chi connectivity index (χ3v) is 15.0.